The van der Waals surface area contributed by atoms with Crippen molar-refractivity contribution >= 4 is 30.6 Å². The first-order valence-corrected chi connectivity index (χ1v) is 6.52. The van der Waals surface area contributed by atoms with E-state index in [0.29, 0.717) is 0 Å². The first kappa shape index (κ1) is 10.8. The van der Waals surface area contributed by atoms with Crippen molar-refractivity contribution in [1.82, 2.24) is 0 Å². The van der Waals surface area contributed by atoms with Crippen LogP contribution in [0.2, 0.25) is 0 Å². The van der Waals surface area contributed by atoms with Gasteiger partial charge in [-0.25, -0.2) is 0 Å². The van der Waals surface area contributed by atoms with E-state index in [9.17, 15) is 9.67 Å². The Bertz CT molecular complexity index is 187. The van der Waals surface area contributed by atoms with Gasteiger partial charge in [-0.3, -0.25) is 4.57 Å². The maximum Gasteiger partial charge on any atom is 0.208 e. The van der Waals surface area contributed by atoms with Crippen molar-refractivity contribution in [3.8, 4) is 0 Å². The molecule has 1 aliphatic rings. The molecule has 3 nitrogen and oxygen atoms in total. The van der Waals surface area contributed by atoms with Gasteiger partial charge in [0, 0.05) is 6.16 Å². The van der Waals surface area contributed by atoms with Gasteiger partial charge in [0.25, 0.3) is 0 Å². The zero-order valence-electron chi connectivity index (χ0n) is 6.61. The summed E-state index contributed by atoms with van der Waals surface area (Å²) in [5.74, 6) is 0. The van der Waals surface area contributed by atoms with Gasteiger partial charge in [0.05, 0.1) is 17.6 Å². The van der Waals surface area contributed by atoms with E-state index < -0.39 is 24.4 Å². The summed E-state index contributed by atoms with van der Waals surface area (Å²) in [5, 5.41) is 8.75. The first-order valence-electron chi connectivity index (χ1n) is 3.66. The topological polar surface area (TPSA) is 46.5 Å². The molecule has 0 aromatic rings. The number of alkyl halides is 2. The van der Waals surface area contributed by atoms with Crippen LogP contribution in [0.15, 0.2) is 0 Å². The Morgan fingerprint density at radius 1 is 1.67 bits per heavy atom. The van der Waals surface area contributed by atoms with E-state index in [1.54, 1.807) is 6.92 Å². The Morgan fingerprint density at radius 3 is 2.58 bits per heavy atom. The second-order valence-electron chi connectivity index (χ2n) is 2.91. The van der Waals surface area contributed by atoms with Crippen LogP contribution < -0.4 is 0 Å². The molecule has 1 rings (SSSR count). The SMILES string of the molecule is CC(Cl)OP1(=O)CC(O)C(Cl)C1. The Morgan fingerprint density at radius 2 is 2.25 bits per heavy atom. The number of hydrogen-bond donors (Lipinski definition) is 1. The third-order valence-corrected chi connectivity index (χ3v) is 5.13. The van der Waals surface area contributed by atoms with Crippen molar-refractivity contribution in [3.63, 3.8) is 0 Å². The summed E-state index contributed by atoms with van der Waals surface area (Å²) in [5.41, 5.74) is -0.593. The zero-order valence-corrected chi connectivity index (χ0v) is 9.02. The third-order valence-electron chi connectivity index (χ3n) is 1.67. The van der Waals surface area contributed by atoms with Gasteiger partial charge in [0.2, 0.25) is 7.37 Å². The molecule has 0 saturated carbocycles. The molecule has 1 N–H and O–H groups in total. The van der Waals surface area contributed by atoms with Gasteiger partial charge < -0.3 is 9.63 Å². The van der Waals surface area contributed by atoms with E-state index in [2.05, 4.69) is 0 Å². The molecule has 0 amide bonds. The quantitative estimate of drug-likeness (QED) is 0.584. The van der Waals surface area contributed by atoms with Gasteiger partial charge in [0.1, 0.15) is 5.56 Å². The molecule has 6 heteroatoms. The summed E-state index contributed by atoms with van der Waals surface area (Å²) in [6.07, 6.45) is -0.390. The van der Waals surface area contributed by atoms with Crippen LogP contribution >= 0.6 is 30.6 Å². The van der Waals surface area contributed by atoms with Crippen molar-refractivity contribution < 1.29 is 14.2 Å². The standard InChI is InChI=1S/C6H11Cl2O3P/c1-4(7)11-12(10)2-5(8)6(9)3-12/h4-6,9H,2-3H2,1H3. The lowest BCUT2D eigenvalue weighted by atomic mass is 10.3. The lowest BCUT2D eigenvalue weighted by Crippen LogP contribution is -2.16. The third kappa shape index (κ3) is 2.61. The fraction of sp³-hybridized carbons (Fsp3) is 1.00. The average molecular weight is 233 g/mol. The smallest absolute Gasteiger partial charge is 0.208 e. The predicted molar refractivity (Wildman–Crippen MR) is 49.4 cm³/mol. The number of hydrogen-bond acceptors (Lipinski definition) is 3. The van der Waals surface area contributed by atoms with Gasteiger partial charge in [0.15, 0.2) is 0 Å². The summed E-state index contributed by atoms with van der Waals surface area (Å²) in [6.45, 7) is 1.59. The molecule has 1 saturated heterocycles. The molecule has 1 fully saturated rings. The predicted octanol–water partition coefficient (Wildman–Crippen LogP) is 1.85. The van der Waals surface area contributed by atoms with Gasteiger partial charge in [-0.2, -0.15) is 0 Å². The highest BCUT2D eigenvalue weighted by molar-refractivity contribution is 7.59. The fourth-order valence-corrected chi connectivity index (χ4v) is 4.94. The molecule has 12 heavy (non-hydrogen) atoms. The molecule has 0 bridgehead atoms. The number of aliphatic hydroxyl groups excluding tert-OH is 1. The van der Waals surface area contributed by atoms with E-state index in [0.717, 1.165) is 0 Å². The van der Waals surface area contributed by atoms with Crippen molar-refractivity contribution in [2.75, 3.05) is 12.3 Å². The maximum absolute atomic E-state index is 11.7. The van der Waals surface area contributed by atoms with Crippen LogP contribution in [0.1, 0.15) is 6.92 Å². The average Bonchev–Trinajstić information content (AvgIpc) is 2.04. The molecular weight excluding hydrogens is 222 g/mol. The second-order valence-corrected chi connectivity index (χ2v) is 6.66. The molecule has 1 aliphatic heterocycles. The fourth-order valence-electron chi connectivity index (χ4n) is 1.21. The minimum Gasteiger partial charge on any atom is -0.391 e. The van der Waals surface area contributed by atoms with E-state index in [-0.39, 0.29) is 12.3 Å². The van der Waals surface area contributed by atoms with Crippen LogP contribution in [0, 0.1) is 0 Å². The van der Waals surface area contributed by atoms with Crippen molar-refractivity contribution in [2.24, 2.45) is 0 Å². The minimum absolute atomic E-state index is 0.123. The van der Waals surface area contributed by atoms with E-state index in [1.807, 2.05) is 0 Å². The summed E-state index contributed by atoms with van der Waals surface area (Å²) in [7, 11) is -2.75. The molecule has 4 unspecified atom stereocenters. The van der Waals surface area contributed by atoms with Crippen LogP contribution in [0.3, 0.4) is 0 Å². The molecule has 72 valence electrons. The van der Waals surface area contributed by atoms with E-state index in [1.165, 1.54) is 0 Å². The van der Waals surface area contributed by atoms with E-state index in [4.69, 9.17) is 27.7 Å². The molecule has 0 radical (unpaired) electrons. The summed E-state index contributed by atoms with van der Waals surface area (Å²) < 4.78 is 16.7. The van der Waals surface area contributed by atoms with Crippen LogP contribution in [-0.2, 0) is 9.09 Å². The van der Waals surface area contributed by atoms with Gasteiger partial charge >= 0.3 is 0 Å². The van der Waals surface area contributed by atoms with Crippen molar-refractivity contribution in [3.05, 3.63) is 0 Å². The summed E-state index contributed by atoms with van der Waals surface area (Å²) in [6, 6.07) is 0. The lowest BCUT2D eigenvalue weighted by molar-refractivity contribution is 0.203. The highest BCUT2D eigenvalue weighted by Crippen LogP contribution is 2.55. The highest BCUT2D eigenvalue weighted by atomic mass is 35.5. The highest BCUT2D eigenvalue weighted by Gasteiger charge is 2.41. The Hall–Kier alpha value is 0.730. The number of rotatable bonds is 2. The van der Waals surface area contributed by atoms with Crippen LogP contribution in [0.5, 0.6) is 0 Å². The van der Waals surface area contributed by atoms with Crippen LogP contribution in [0.25, 0.3) is 0 Å². The van der Waals surface area contributed by atoms with Crippen LogP contribution in [0.4, 0.5) is 0 Å². The van der Waals surface area contributed by atoms with Gasteiger partial charge in [-0.15, -0.1) is 11.6 Å². The molecule has 0 aromatic carbocycles. The van der Waals surface area contributed by atoms with Crippen LogP contribution in [-0.4, -0.2) is 34.5 Å². The second kappa shape index (κ2) is 3.85. The molecule has 0 spiro atoms. The van der Waals surface area contributed by atoms with Crippen molar-refractivity contribution in [1.29, 1.82) is 0 Å². The summed E-state index contributed by atoms with van der Waals surface area (Å²) >= 11 is 11.2. The number of halogens is 2. The largest absolute Gasteiger partial charge is 0.391 e. The molecule has 4 atom stereocenters. The number of aliphatic hydroxyl groups is 1. The Labute approximate surface area is 81.4 Å². The Balaban J connectivity index is 2.58. The monoisotopic (exact) mass is 232 g/mol. The normalized spacial score (nSPS) is 44.7. The van der Waals surface area contributed by atoms with Crippen molar-refractivity contribution in [2.45, 2.75) is 24.0 Å². The summed E-state index contributed by atoms with van der Waals surface area (Å²) in [4.78, 5) is 0. The molecule has 0 aliphatic carbocycles. The molecule has 1 heterocycles. The van der Waals surface area contributed by atoms with E-state index >= 15 is 0 Å². The molecular formula is C6H11Cl2O3P. The first-order chi connectivity index (χ1) is 5.43. The maximum atomic E-state index is 11.7. The van der Waals surface area contributed by atoms with Gasteiger partial charge in [-0.1, -0.05) is 11.6 Å². The lowest BCUT2D eigenvalue weighted by Gasteiger charge is -2.13. The van der Waals surface area contributed by atoms with Gasteiger partial charge in [-0.05, 0) is 6.92 Å². The Kier molecular flexibility index (Phi) is 3.47. The molecule has 0 aromatic heterocycles. The zero-order chi connectivity index (χ0) is 9.35. The minimum atomic E-state index is -2.75.